The molecule has 1 amide bonds. The zero-order chi connectivity index (χ0) is 14.0. The largest absolute Gasteiger partial charge is 0.398 e. The fourth-order valence-corrected chi connectivity index (χ4v) is 2.12. The van der Waals surface area contributed by atoms with Crippen LogP contribution >= 0.6 is 23.2 Å². The van der Waals surface area contributed by atoms with Crippen molar-refractivity contribution in [2.24, 2.45) is 0 Å². The molecule has 0 aliphatic rings. The van der Waals surface area contributed by atoms with Crippen molar-refractivity contribution in [2.75, 3.05) is 11.1 Å². The molecule has 3 nitrogen and oxygen atoms in total. The van der Waals surface area contributed by atoms with Gasteiger partial charge in [-0.1, -0.05) is 35.3 Å². The van der Waals surface area contributed by atoms with Crippen LogP contribution in [-0.4, -0.2) is 5.91 Å². The second-order valence-corrected chi connectivity index (χ2v) is 4.96. The van der Waals surface area contributed by atoms with Gasteiger partial charge in [0, 0.05) is 10.7 Å². The maximum Gasteiger partial charge on any atom is 0.258 e. The first-order valence-corrected chi connectivity index (χ1v) is 6.36. The number of amides is 1. The number of nitrogens with two attached hydrogens (primary N) is 1. The van der Waals surface area contributed by atoms with Gasteiger partial charge in [0.25, 0.3) is 5.91 Å². The van der Waals surface area contributed by atoms with Crippen molar-refractivity contribution < 1.29 is 4.79 Å². The van der Waals surface area contributed by atoms with E-state index in [1.807, 2.05) is 13.0 Å². The van der Waals surface area contributed by atoms with Gasteiger partial charge in [0.1, 0.15) is 0 Å². The summed E-state index contributed by atoms with van der Waals surface area (Å²) >= 11 is 11.9. The van der Waals surface area contributed by atoms with E-state index in [0.717, 1.165) is 5.56 Å². The van der Waals surface area contributed by atoms with Gasteiger partial charge in [-0.25, -0.2) is 0 Å². The van der Waals surface area contributed by atoms with Crippen molar-refractivity contribution in [3.8, 4) is 0 Å². The lowest BCUT2D eigenvalue weighted by molar-refractivity contribution is 0.102. The molecule has 0 unspecified atom stereocenters. The Morgan fingerprint density at radius 1 is 1.21 bits per heavy atom. The summed E-state index contributed by atoms with van der Waals surface area (Å²) in [6.07, 6.45) is 0. The molecule has 0 spiro atoms. The van der Waals surface area contributed by atoms with Gasteiger partial charge >= 0.3 is 0 Å². The number of carbonyl (C=O) groups is 1. The summed E-state index contributed by atoms with van der Waals surface area (Å²) in [5.41, 5.74) is 7.96. The summed E-state index contributed by atoms with van der Waals surface area (Å²) in [5, 5.41) is 3.63. The molecular weight excluding hydrogens is 283 g/mol. The van der Waals surface area contributed by atoms with Crippen molar-refractivity contribution in [3.63, 3.8) is 0 Å². The number of rotatable bonds is 2. The molecule has 0 saturated heterocycles. The van der Waals surface area contributed by atoms with E-state index < -0.39 is 0 Å². The predicted molar refractivity (Wildman–Crippen MR) is 80.0 cm³/mol. The normalized spacial score (nSPS) is 10.3. The SMILES string of the molecule is Cc1cccc(N)c1C(=O)Nc1cc(Cl)ccc1Cl. The molecule has 0 saturated carbocycles. The highest BCUT2D eigenvalue weighted by atomic mass is 35.5. The molecule has 0 heterocycles. The van der Waals surface area contributed by atoms with Crippen LogP contribution < -0.4 is 11.1 Å². The number of nitrogen functional groups attached to an aromatic ring is 1. The van der Waals surface area contributed by atoms with Crippen molar-refractivity contribution in [2.45, 2.75) is 6.92 Å². The number of nitrogens with one attached hydrogen (secondary N) is 1. The van der Waals surface area contributed by atoms with Crippen LogP contribution in [0.1, 0.15) is 15.9 Å². The van der Waals surface area contributed by atoms with Crippen LogP contribution in [-0.2, 0) is 0 Å². The third kappa shape index (κ3) is 3.00. The van der Waals surface area contributed by atoms with Gasteiger partial charge in [-0.05, 0) is 36.8 Å². The van der Waals surface area contributed by atoms with E-state index in [1.54, 1.807) is 30.3 Å². The van der Waals surface area contributed by atoms with Crippen molar-refractivity contribution in [3.05, 3.63) is 57.6 Å². The average molecular weight is 295 g/mol. The number of benzene rings is 2. The molecule has 3 N–H and O–H groups in total. The van der Waals surface area contributed by atoms with Gasteiger partial charge in [0.05, 0.1) is 16.3 Å². The lowest BCUT2D eigenvalue weighted by Crippen LogP contribution is -2.15. The molecular formula is C14H12Cl2N2O. The first-order chi connectivity index (χ1) is 8.99. The van der Waals surface area contributed by atoms with Crippen LogP contribution in [0.15, 0.2) is 36.4 Å². The molecule has 5 heteroatoms. The van der Waals surface area contributed by atoms with Crippen molar-refractivity contribution >= 4 is 40.5 Å². The van der Waals surface area contributed by atoms with Crippen LogP contribution in [0.3, 0.4) is 0 Å². The summed E-state index contributed by atoms with van der Waals surface area (Å²) in [4.78, 5) is 12.2. The van der Waals surface area contributed by atoms with E-state index >= 15 is 0 Å². The van der Waals surface area contributed by atoms with E-state index in [1.165, 1.54) is 0 Å². The van der Waals surface area contributed by atoms with E-state index in [4.69, 9.17) is 28.9 Å². The highest BCUT2D eigenvalue weighted by Gasteiger charge is 2.14. The smallest absolute Gasteiger partial charge is 0.258 e. The third-order valence-electron chi connectivity index (χ3n) is 2.71. The minimum Gasteiger partial charge on any atom is -0.398 e. The molecule has 2 rings (SSSR count). The molecule has 19 heavy (non-hydrogen) atoms. The highest BCUT2D eigenvalue weighted by Crippen LogP contribution is 2.27. The highest BCUT2D eigenvalue weighted by molar-refractivity contribution is 6.36. The van der Waals surface area contributed by atoms with Gasteiger partial charge in [-0.3, -0.25) is 4.79 Å². The minimum absolute atomic E-state index is 0.306. The van der Waals surface area contributed by atoms with Crippen LogP contribution in [0, 0.1) is 6.92 Å². The first-order valence-electron chi connectivity index (χ1n) is 5.60. The first kappa shape index (κ1) is 13.7. The fourth-order valence-electron chi connectivity index (χ4n) is 1.78. The summed E-state index contributed by atoms with van der Waals surface area (Å²) in [7, 11) is 0. The zero-order valence-corrected chi connectivity index (χ0v) is 11.7. The number of aryl methyl sites for hydroxylation is 1. The van der Waals surface area contributed by atoms with Gasteiger partial charge in [0.2, 0.25) is 0 Å². The van der Waals surface area contributed by atoms with Crippen LogP contribution in [0.5, 0.6) is 0 Å². The Morgan fingerprint density at radius 2 is 1.95 bits per heavy atom. The molecule has 0 atom stereocenters. The summed E-state index contributed by atoms with van der Waals surface area (Å²) < 4.78 is 0. The van der Waals surface area contributed by atoms with Crippen molar-refractivity contribution in [1.29, 1.82) is 0 Å². The predicted octanol–water partition coefficient (Wildman–Crippen LogP) is 4.14. The molecule has 2 aromatic carbocycles. The Labute approximate surface area is 121 Å². The monoisotopic (exact) mass is 294 g/mol. The lowest BCUT2D eigenvalue weighted by Gasteiger charge is -2.11. The van der Waals surface area contributed by atoms with Crippen LogP contribution in [0.25, 0.3) is 0 Å². The lowest BCUT2D eigenvalue weighted by atomic mass is 10.1. The minimum atomic E-state index is -0.306. The van der Waals surface area contributed by atoms with Crippen LogP contribution in [0.4, 0.5) is 11.4 Å². The fraction of sp³-hybridized carbons (Fsp3) is 0.0714. The molecule has 0 bridgehead atoms. The molecule has 98 valence electrons. The second kappa shape index (κ2) is 5.51. The summed E-state index contributed by atoms with van der Waals surface area (Å²) in [6, 6.07) is 10.2. The van der Waals surface area contributed by atoms with E-state index in [0.29, 0.717) is 27.0 Å². The summed E-state index contributed by atoms with van der Waals surface area (Å²) in [5.74, 6) is -0.306. The van der Waals surface area contributed by atoms with Crippen LogP contribution in [0.2, 0.25) is 10.0 Å². The standard InChI is InChI=1S/C14H12Cl2N2O/c1-8-3-2-4-11(17)13(8)14(19)18-12-7-9(15)5-6-10(12)16/h2-7H,17H2,1H3,(H,18,19). The number of hydrogen-bond acceptors (Lipinski definition) is 2. The third-order valence-corrected chi connectivity index (χ3v) is 3.27. The number of halogens is 2. The zero-order valence-electron chi connectivity index (χ0n) is 10.2. The maximum atomic E-state index is 12.2. The Bertz CT molecular complexity index is 621. The molecule has 0 aliphatic heterocycles. The van der Waals surface area contributed by atoms with E-state index in [-0.39, 0.29) is 5.91 Å². The quantitative estimate of drug-likeness (QED) is 0.818. The second-order valence-electron chi connectivity index (χ2n) is 4.12. The molecule has 2 aromatic rings. The topological polar surface area (TPSA) is 55.1 Å². The molecule has 0 aromatic heterocycles. The number of hydrogen-bond donors (Lipinski definition) is 2. The molecule has 0 aliphatic carbocycles. The van der Waals surface area contributed by atoms with Gasteiger partial charge in [-0.2, -0.15) is 0 Å². The Balaban J connectivity index is 2.34. The number of carbonyl (C=O) groups excluding carboxylic acids is 1. The van der Waals surface area contributed by atoms with Gasteiger partial charge < -0.3 is 11.1 Å². The van der Waals surface area contributed by atoms with Gasteiger partial charge in [0.15, 0.2) is 0 Å². The summed E-state index contributed by atoms with van der Waals surface area (Å²) in [6.45, 7) is 1.82. The molecule has 0 fully saturated rings. The molecule has 0 radical (unpaired) electrons. The Hall–Kier alpha value is -1.71. The average Bonchev–Trinajstić information content (AvgIpc) is 2.33. The maximum absolute atomic E-state index is 12.2. The Kier molecular flexibility index (Phi) is 3.98. The van der Waals surface area contributed by atoms with E-state index in [9.17, 15) is 4.79 Å². The van der Waals surface area contributed by atoms with Crippen molar-refractivity contribution in [1.82, 2.24) is 0 Å². The number of anilines is 2. The van der Waals surface area contributed by atoms with E-state index in [2.05, 4.69) is 5.32 Å². The Morgan fingerprint density at radius 3 is 2.63 bits per heavy atom. The van der Waals surface area contributed by atoms with Gasteiger partial charge in [-0.15, -0.1) is 0 Å².